The highest BCUT2D eigenvalue weighted by Crippen LogP contribution is 2.33. The van der Waals surface area contributed by atoms with Crippen molar-refractivity contribution in [1.82, 2.24) is 5.32 Å². The number of ether oxygens (including phenoxy) is 2. The molecule has 1 N–H and O–H groups in total. The van der Waals surface area contributed by atoms with Crippen LogP contribution >= 0.6 is 8.15 Å². The molecule has 1 heterocycles. The lowest BCUT2D eigenvalue weighted by molar-refractivity contribution is -0.154. The average Bonchev–Trinajstić information content (AvgIpc) is 2.41. The van der Waals surface area contributed by atoms with Crippen molar-refractivity contribution in [2.75, 3.05) is 33.6 Å². The molecule has 0 aromatic heterocycles. The fraction of sp³-hybridized carbons (Fsp3) is 0.929. The van der Waals surface area contributed by atoms with Gasteiger partial charge in [-0.25, -0.2) is 0 Å². The molecule has 1 rings (SSSR count). The number of hydrogen-bond donors (Lipinski definition) is 1. The van der Waals surface area contributed by atoms with Crippen LogP contribution in [0, 0.1) is 11.8 Å². The van der Waals surface area contributed by atoms with Crippen LogP contribution in [-0.4, -0.2) is 57.8 Å². The van der Waals surface area contributed by atoms with E-state index in [9.17, 15) is 4.79 Å². The van der Waals surface area contributed by atoms with Gasteiger partial charge >= 0.3 is 0 Å². The Hall–Kier alpha value is -0.220. The minimum atomic E-state index is -1.31. The fourth-order valence-electron chi connectivity index (χ4n) is 2.55. The zero-order chi connectivity index (χ0) is 16.9. The predicted molar refractivity (Wildman–Crippen MR) is 81.2 cm³/mol. The molecule has 1 fully saturated rings. The Kier molecular flexibility index (Phi) is 6.09. The highest BCUT2D eigenvalue weighted by Gasteiger charge is 2.41. The van der Waals surface area contributed by atoms with Gasteiger partial charge in [-0.1, -0.05) is 13.8 Å². The van der Waals surface area contributed by atoms with Gasteiger partial charge < -0.3 is 19.3 Å². The van der Waals surface area contributed by atoms with Crippen molar-refractivity contribution in [2.24, 2.45) is 11.8 Å². The molecular formula is C14H28NO4P. The molecular weight excluding hydrogens is 277 g/mol. The Morgan fingerprint density at radius 2 is 2.10 bits per heavy atom. The number of hydrogen-bond acceptors (Lipinski definition) is 4. The third kappa shape index (κ3) is 4.96. The minimum Gasteiger partial charge on any atom is -0.382 e. The maximum Gasteiger partial charge on any atom is 0.217 e. The molecule has 20 heavy (non-hydrogen) atoms. The van der Waals surface area contributed by atoms with Gasteiger partial charge in [-0.05, 0) is 25.2 Å². The summed E-state index contributed by atoms with van der Waals surface area (Å²) in [5, 5.41) is 2.97. The molecule has 0 bridgehead atoms. The molecule has 1 aliphatic rings. The van der Waals surface area contributed by atoms with E-state index in [-0.39, 0.29) is 42.6 Å². The highest BCUT2D eigenvalue weighted by atomic mass is 31.1. The molecule has 1 amide bonds. The summed E-state index contributed by atoms with van der Waals surface area (Å²) in [7, 11) is -1.82. The second-order valence-corrected chi connectivity index (χ2v) is 7.48. The molecule has 6 atom stereocenters. The van der Waals surface area contributed by atoms with Crippen LogP contribution in [0.1, 0.15) is 23.5 Å². The number of methoxy groups -OCH3 is 1. The smallest absolute Gasteiger partial charge is 0.217 e. The Balaban J connectivity index is 2.77. The Labute approximate surface area is 126 Å². The van der Waals surface area contributed by atoms with Gasteiger partial charge in [-0.3, -0.25) is 4.79 Å². The van der Waals surface area contributed by atoms with E-state index >= 15 is 0 Å². The lowest BCUT2D eigenvalue weighted by Gasteiger charge is -2.45. The Morgan fingerprint density at radius 1 is 1.40 bits per heavy atom. The zero-order valence-electron chi connectivity index (χ0n) is 15.0. The van der Waals surface area contributed by atoms with Crippen LogP contribution in [0.2, 0.25) is 0 Å². The van der Waals surface area contributed by atoms with Crippen molar-refractivity contribution in [2.45, 2.75) is 39.0 Å². The van der Waals surface area contributed by atoms with E-state index in [0.717, 1.165) is 0 Å². The molecule has 118 valence electrons. The Morgan fingerprint density at radius 3 is 2.65 bits per heavy atom. The van der Waals surface area contributed by atoms with Crippen LogP contribution in [0.15, 0.2) is 0 Å². The van der Waals surface area contributed by atoms with Gasteiger partial charge in [0.1, 0.15) is 6.10 Å². The predicted octanol–water partition coefficient (Wildman–Crippen LogP) is 1.85. The summed E-state index contributed by atoms with van der Waals surface area (Å²) in [4.78, 5) is 11.5. The van der Waals surface area contributed by atoms with Crippen LogP contribution in [0.3, 0.4) is 0 Å². The first kappa shape index (κ1) is 14.7. The van der Waals surface area contributed by atoms with E-state index in [1.54, 1.807) is 0 Å². The monoisotopic (exact) mass is 308 g/mol. The van der Waals surface area contributed by atoms with Crippen molar-refractivity contribution in [3.8, 4) is 0 Å². The standard InChI is InChI=1S/C14H28NO4P/c1-9-10(2)14(15-11(3)16)13(8-18-20(5)6)19-12(9)7-17-4/h9-10,12-14H,7-8H2,1-6H3,(H,15,16)/t9-,10+,12+,13-,14+/m0/s1/i4TD/t4?,9-,10+,12+,13-,14+. The van der Waals surface area contributed by atoms with E-state index in [1.165, 1.54) is 6.92 Å². The van der Waals surface area contributed by atoms with Gasteiger partial charge in [0.15, 0.2) is 0 Å². The zero-order valence-corrected chi connectivity index (χ0v) is 13.9. The summed E-state index contributed by atoms with van der Waals surface area (Å²) in [6.07, 6.45) is -0.449. The normalized spacial score (nSPS) is 37.2. The summed E-state index contributed by atoms with van der Waals surface area (Å²) in [5.74, 6) is 0.256. The van der Waals surface area contributed by atoms with Gasteiger partial charge in [-0.2, -0.15) is 0 Å². The summed E-state index contributed by atoms with van der Waals surface area (Å²) >= 11 is 0. The van der Waals surface area contributed by atoms with Gasteiger partial charge in [0, 0.05) is 22.1 Å². The first-order chi connectivity index (χ1) is 10.2. The van der Waals surface area contributed by atoms with Crippen molar-refractivity contribution >= 4 is 14.1 Å². The van der Waals surface area contributed by atoms with Crippen molar-refractivity contribution in [1.29, 1.82) is 0 Å². The molecule has 0 radical (unpaired) electrons. The quantitative estimate of drug-likeness (QED) is 0.761. The van der Waals surface area contributed by atoms with Crippen molar-refractivity contribution < 1.29 is 21.5 Å². The third-order valence-electron chi connectivity index (χ3n) is 3.86. The van der Waals surface area contributed by atoms with Gasteiger partial charge in [0.05, 0.1) is 28.1 Å². The van der Waals surface area contributed by atoms with Crippen molar-refractivity contribution in [3.63, 3.8) is 0 Å². The maximum absolute atomic E-state index is 11.5. The molecule has 6 heteroatoms. The first-order valence-corrected chi connectivity index (χ1v) is 9.06. The number of nitrogens with one attached hydrogen (secondary N) is 1. The van der Waals surface area contributed by atoms with E-state index in [0.29, 0.717) is 6.61 Å². The molecule has 1 unspecified atom stereocenters. The second kappa shape index (κ2) is 8.28. The molecule has 5 nitrogen and oxygen atoms in total. The van der Waals surface area contributed by atoms with Crippen LogP contribution in [0.25, 0.3) is 0 Å². The number of carbonyl (C=O) groups is 1. The number of rotatable bonds is 6. The lowest BCUT2D eigenvalue weighted by Crippen LogP contribution is -2.58. The third-order valence-corrected chi connectivity index (χ3v) is 4.53. The van der Waals surface area contributed by atoms with Crippen LogP contribution in [-0.2, 0) is 18.8 Å². The number of carbonyl (C=O) groups excluding carboxylic acids is 1. The molecule has 1 saturated heterocycles. The van der Waals surface area contributed by atoms with Crippen LogP contribution in [0.5, 0.6) is 0 Å². The van der Waals surface area contributed by atoms with Gasteiger partial charge in [0.2, 0.25) is 5.91 Å². The van der Waals surface area contributed by atoms with E-state index in [1.807, 2.05) is 20.3 Å². The molecule has 0 aromatic carbocycles. The fourth-order valence-corrected chi connectivity index (χ4v) is 2.99. The molecule has 0 aromatic rings. The lowest BCUT2D eigenvalue weighted by atomic mass is 9.80. The maximum atomic E-state index is 11.5. The summed E-state index contributed by atoms with van der Waals surface area (Å²) in [6, 6.07) is -0.110. The van der Waals surface area contributed by atoms with Gasteiger partial charge in [0.25, 0.3) is 0 Å². The molecule has 1 aliphatic heterocycles. The molecule has 0 saturated carbocycles. The SMILES string of the molecule is [2H]C([3H])OC[C@H]1O[C@@H](COP(C)C)[C@H](NC(C)=O)[C@H](C)[C@@H]1C. The minimum absolute atomic E-state index is 0.0833. The largest absolute Gasteiger partial charge is 0.382 e. The second-order valence-electron chi connectivity index (χ2n) is 5.60. The van der Waals surface area contributed by atoms with Gasteiger partial charge in [-0.15, -0.1) is 0 Å². The summed E-state index contributed by atoms with van der Waals surface area (Å²) in [6.45, 7) is 10.3. The van der Waals surface area contributed by atoms with E-state index in [2.05, 4.69) is 12.2 Å². The Bertz CT molecular complexity index is 360. The van der Waals surface area contributed by atoms with Crippen LogP contribution < -0.4 is 5.32 Å². The number of amides is 1. The molecule has 0 spiro atoms. The first-order valence-electron chi connectivity index (χ1n) is 8.06. The van der Waals surface area contributed by atoms with Crippen LogP contribution in [0.4, 0.5) is 0 Å². The van der Waals surface area contributed by atoms with E-state index < -0.39 is 15.2 Å². The molecule has 0 aliphatic carbocycles. The summed E-state index contributed by atoms with van der Waals surface area (Å²) < 4.78 is 31.1. The average molecular weight is 308 g/mol. The topological polar surface area (TPSA) is 56.8 Å². The summed E-state index contributed by atoms with van der Waals surface area (Å²) in [5.41, 5.74) is 0. The van der Waals surface area contributed by atoms with Crippen molar-refractivity contribution in [3.05, 3.63) is 0 Å². The van der Waals surface area contributed by atoms with E-state index in [4.69, 9.17) is 16.7 Å². The highest BCUT2D eigenvalue weighted by molar-refractivity contribution is 7.50.